The molecule has 23 heavy (non-hydrogen) atoms. The lowest BCUT2D eigenvalue weighted by Crippen LogP contribution is -2.24. The second-order valence-corrected chi connectivity index (χ2v) is 7.81. The summed E-state index contributed by atoms with van der Waals surface area (Å²) in [6, 6.07) is 19.0. The first kappa shape index (κ1) is 15.9. The molecule has 1 heterocycles. The van der Waals surface area contributed by atoms with Crippen LogP contribution in [0.1, 0.15) is 10.6 Å². The van der Waals surface area contributed by atoms with Gasteiger partial charge in [0, 0.05) is 10.9 Å². The van der Waals surface area contributed by atoms with E-state index in [9.17, 15) is 8.42 Å². The van der Waals surface area contributed by atoms with E-state index in [0.29, 0.717) is 0 Å². The van der Waals surface area contributed by atoms with Crippen LogP contribution >= 0.6 is 11.3 Å². The Morgan fingerprint density at radius 3 is 2.30 bits per heavy atom. The normalized spacial score (nSPS) is 11.5. The van der Waals surface area contributed by atoms with Crippen molar-refractivity contribution in [2.75, 3.05) is 0 Å². The van der Waals surface area contributed by atoms with E-state index in [1.165, 1.54) is 11.3 Å². The number of benzene rings is 2. The standard InChI is InChI=1S/C17H16N2O2S2/c20-23(21,13-14-7-3-1-4-8-14)18-11-17-19-16(12-22-17)15-9-5-2-6-10-15/h1-10,12,18H,11,13H2. The van der Waals surface area contributed by atoms with Crippen molar-refractivity contribution >= 4 is 21.4 Å². The lowest BCUT2D eigenvalue weighted by molar-refractivity contribution is 0.580. The van der Waals surface area contributed by atoms with Crippen LogP contribution in [-0.2, 0) is 22.3 Å². The third-order valence-corrected chi connectivity index (χ3v) is 5.41. The highest BCUT2D eigenvalue weighted by Gasteiger charge is 2.12. The first-order valence-electron chi connectivity index (χ1n) is 7.13. The molecule has 3 rings (SSSR count). The molecule has 0 saturated carbocycles. The number of thiazole rings is 1. The fourth-order valence-corrected chi connectivity index (χ4v) is 4.07. The SMILES string of the molecule is O=S(=O)(Cc1ccccc1)NCc1nc(-c2ccccc2)cs1. The van der Waals surface area contributed by atoms with Crippen LogP contribution in [0.5, 0.6) is 0 Å². The zero-order valence-electron chi connectivity index (χ0n) is 12.3. The van der Waals surface area contributed by atoms with Crippen LogP contribution in [0.15, 0.2) is 66.0 Å². The predicted octanol–water partition coefficient (Wildman–Crippen LogP) is 3.43. The highest BCUT2D eigenvalue weighted by Crippen LogP contribution is 2.21. The number of nitrogens with zero attached hydrogens (tertiary/aromatic N) is 1. The molecule has 118 valence electrons. The average molecular weight is 344 g/mol. The summed E-state index contributed by atoms with van der Waals surface area (Å²) in [4.78, 5) is 4.48. The van der Waals surface area contributed by atoms with E-state index in [0.717, 1.165) is 21.8 Å². The molecular weight excluding hydrogens is 328 g/mol. The van der Waals surface area contributed by atoms with Crippen molar-refractivity contribution in [3.8, 4) is 11.3 Å². The molecule has 3 aromatic rings. The molecule has 0 aliphatic carbocycles. The van der Waals surface area contributed by atoms with Gasteiger partial charge in [-0.2, -0.15) is 0 Å². The maximum Gasteiger partial charge on any atom is 0.216 e. The van der Waals surface area contributed by atoms with Crippen molar-refractivity contribution in [3.63, 3.8) is 0 Å². The molecular formula is C17H16N2O2S2. The fraction of sp³-hybridized carbons (Fsp3) is 0.118. The molecule has 0 unspecified atom stereocenters. The second-order valence-electron chi connectivity index (χ2n) is 5.06. The van der Waals surface area contributed by atoms with E-state index in [1.807, 2.05) is 53.9 Å². The van der Waals surface area contributed by atoms with Gasteiger partial charge in [-0.25, -0.2) is 18.1 Å². The monoisotopic (exact) mass is 344 g/mol. The molecule has 0 fully saturated rings. The Morgan fingerprint density at radius 2 is 1.61 bits per heavy atom. The van der Waals surface area contributed by atoms with Gasteiger partial charge in [0.05, 0.1) is 18.0 Å². The van der Waals surface area contributed by atoms with Gasteiger partial charge in [-0.15, -0.1) is 11.3 Å². The first-order valence-corrected chi connectivity index (χ1v) is 9.67. The second kappa shape index (κ2) is 7.04. The van der Waals surface area contributed by atoms with Crippen LogP contribution in [-0.4, -0.2) is 13.4 Å². The summed E-state index contributed by atoms with van der Waals surface area (Å²) in [6.07, 6.45) is 0. The molecule has 1 aromatic heterocycles. The molecule has 2 aromatic carbocycles. The Bertz CT molecular complexity index is 860. The fourth-order valence-electron chi connectivity index (χ4n) is 2.15. The Hall–Kier alpha value is -2.02. The topological polar surface area (TPSA) is 59.1 Å². The zero-order valence-corrected chi connectivity index (χ0v) is 14.0. The average Bonchev–Trinajstić information content (AvgIpc) is 3.04. The van der Waals surface area contributed by atoms with Gasteiger partial charge in [-0.3, -0.25) is 0 Å². The molecule has 0 saturated heterocycles. The minimum Gasteiger partial charge on any atom is -0.240 e. The summed E-state index contributed by atoms with van der Waals surface area (Å²) in [5.41, 5.74) is 2.67. The quantitative estimate of drug-likeness (QED) is 0.745. The van der Waals surface area contributed by atoms with Gasteiger partial charge in [0.2, 0.25) is 10.0 Å². The summed E-state index contributed by atoms with van der Waals surface area (Å²) in [7, 11) is -3.37. The Kier molecular flexibility index (Phi) is 4.85. The summed E-state index contributed by atoms with van der Waals surface area (Å²) >= 11 is 1.45. The number of nitrogens with one attached hydrogen (secondary N) is 1. The lowest BCUT2D eigenvalue weighted by atomic mass is 10.2. The maximum absolute atomic E-state index is 12.1. The molecule has 0 bridgehead atoms. The third kappa shape index (κ3) is 4.48. The van der Waals surface area contributed by atoms with Crippen LogP contribution < -0.4 is 4.72 Å². The summed E-state index contributed by atoms with van der Waals surface area (Å²) < 4.78 is 26.8. The third-order valence-electron chi connectivity index (χ3n) is 3.26. The van der Waals surface area contributed by atoms with E-state index in [-0.39, 0.29) is 12.3 Å². The van der Waals surface area contributed by atoms with Crippen LogP contribution in [0, 0.1) is 0 Å². The number of sulfonamides is 1. The van der Waals surface area contributed by atoms with Crippen LogP contribution in [0.2, 0.25) is 0 Å². The Balaban J connectivity index is 1.63. The molecule has 0 aliphatic heterocycles. The molecule has 0 atom stereocenters. The van der Waals surface area contributed by atoms with E-state index in [1.54, 1.807) is 12.1 Å². The van der Waals surface area contributed by atoms with Gasteiger partial charge in [-0.1, -0.05) is 60.7 Å². The van der Waals surface area contributed by atoms with E-state index in [4.69, 9.17) is 0 Å². The molecule has 0 radical (unpaired) electrons. The smallest absolute Gasteiger partial charge is 0.216 e. The van der Waals surface area contributed by atoms with Gasteiger partial charge in [0.25, 0.3) is 0 Å². The number of aromatic nitrogens is 1. The number of hydrogen-bond acceptors (Lipinski definition) is 4. The van der Waals surface area contributed by atoms with Crippen molar-refractivity contribution in [2.24, 2.45) is 0 Å². The summed E-state index contributed by atoms with van der Waals surface area (Å²) in [5, 5.41) is 2.69. The summed E-state index contributed by atoms with van der Waals surface area (Å²) in [5.74, 6) is -0.0231. The van der Waals surface area contributed by atoms with E-state index in [2.05, 4.69) is 9.71 Å². The van der Waals surface area contributed by atoms with Gasteiger partial charge >= 0.3 is 0 Å². The van der Waals surface area contributed by atoms with E-state index < -0.39 is 10.0 Å². The van der Waals surface area contributed by atoms with E-state index >= 15 is 0 Å². The molecule has 0 amide bonds. The predicted molar refractivity (Wildman–Crippen MR) is 93.5 cm³/mol. The van der Waals surface area contributed by atoms with Crippen molar-refractivity contribution in [2.45, 2.75) is 12.3 Å². The van der Waals surface area contributed by atoms with Crippen LogP contribution in [0.3, 0.4) is 0 Å². The van der Waals surface area contributed by atoms with Crippen LogP contribution in [0.25, 0.3) is 11.3 Å². The largest absolute Gasteiger partial charge is 0.240 e. The first-order chi connectivity index (χ1) is 11.1. The Labute approximate surface area is 139 Å². The minimum atomic E-state index is -3.37. The lowest BCUT2D eigenvalue weighted by Gasteiger charge is -2.05. The highest BCUT2D eigenvalue weighted by atomic mass is 32.2. The van der Waals surface area contributed by atoms with Crippen molar-refractivity contribution in [1.82, 2.24) is 9.71 Å². The van der Waals surface area contributed by atoms with Crippen molar-refractivity contribution in [3.05, 3.63) is 76.6 Å². The molecule has 0 spiro atoms. The van der Waals surface area contributed by atoms with Gasteiger partial charge in [-0.05, 0) is 5.56 Å². The van der Waals surface area contributed by atoms with Crippen molar-refractivity contribution in [1.29, 1.82) is 0 Å². The highest BCUT2D eigenvalue weighted by molar-refractivity contribution is 7.88. The zero-order chi connectivity index (χ0) is 16.1. The molecule has 4 nitrogen and oxygen atoms in total. The van der Waals surface area contributed by atoms with Gasteiger partial charge in [0.15, 0.2) is 0 Å². The molecule has 1 N–H and O–H groups in total. The van der Waals surface area contributed by atoms with Crippen LogP contribution in [0.4, 0.5) is 0 Å². The number of rotatable bonds is 6. The maximum atomic E-state index is 12.1. The summed E-state index contributed by atoms with van der Waals surface area (Å²) in [6.45, 7) is 0.215. The van der Waals surface area contributed by atoms with Gasteiger partial charge < -0.3 is 0 Å². The van der Waals surface area contributed by atoms with Gasteiger partial charge in [0.1, 0.15) is 5.01 Å². The minimum absolute atomic E-state index is 0.0231. The Morgan fingerprint density at radius 1 is 0.957 bits per heavy atom. The molecule has 6 heteroatoms. The van der Waals surface area contributed by atoms with Crippen molar-refractivity contribution < 1.29 is 8.42 Å². The number of hydrogen-bond donors (Lipinski definition) is 1. The molecule has 0 aliphatic rings.